The molecule has 0 aliphatic heterocycles. The maximum atomic E-state index is 5.17. The maximum absolute atomic E-state index is 5.17. The summed E-state index contributed by atoms with van der Waals surface area (Å²) >= 11 is 0. The molecule has 4 nitrogen and oxygen atoms in total. The van der Waals surface area contributed by atoms with Crippen molar-refractivity contribution in [3.8, 4) is 0 Å². The van der Waals surface area contributed by atoms with Gasteiger partial charge in [0.05, 0.1) is 13.2 Å². The van der Waals surface area contributed by atoms with Gasteiger partial charge in [0.2, 0.25) is 0 Å². The Balaban J connectivity index is 2.07. The Labute approximate surface area is 78.4 Å². The molecule has 0 saturated heterocycles. The number of aromatic nitrogens is 2. The third-order valence-corrected chi connectivity index (χ3v) is 1.53. The van der Waals surface area contributed by atoms with Crippen molar-refractivity contribution in [3.05, 3.63) is 24.3 Å². The molecule has 1 aromatic heterocycles. The Morgan fingerprint density at radius 3 is 2.85 bits per heavy atom. The monoisotopic (exact) mass is 181 g/mol. The van der Waals surface area contributed by atoms with E-state index in [4.69, 9.17) is 4.74 Å². The minimum absolute atomic E-state index is 0.702. The largest absolute Gasteiger partial charge is 0.380 e. The Morgan fingerprint density at radius 2 is 2.15 bits per heavy atom. The van der Waals surface area contributed by atoms with Crippen LogP contribution in [0.1, 0.15) is 12.7 Å². The zero-order chi connectivity index (χ0) is 9.36. The van der Waals surface area contributed by atoms with E-state index in [0.29, 0.717) is 6.54 Å². The van der Waals surface area contributed by atoms with Crippen LogP contribution in [0.5, 0.6) is 0 Å². The maximum Gasteiger partial charge on any atom is 0.141 e. The molecular weight excluding hydrogens is 166 g/mol. The van der Waals surface area contributed by atoms with Gasteiger partial charge in [0.1, 0.15) is 5.82 Å². The smallest absolute Gasteiger partial charge is 0.141 e. The average molecular weight is 181 g/mol. The fraction of sp³-hybridized carbons (Fsp3) is 0.556. The number of ether oxygens (including phenoxy) is 1. The van der Waals surface area contributed by atoms with Crippen molar-refractivity contribution in [2.45, 2.75) is 13.5 Å². The van der Waals surface area contributed by atoms with Crippen LogP contribution in [0.4, 0.5) is 0 Å². The summed E-state index contributed by atoms with van der Waals surface area (Å²) in [6.45, 7) is 5.03. The molecule has 0 fully saturated rings. The third kappa shape index (κ3) is 4.55. The van der Waals surface area contributed by atoms with E-state index >= 15 is 0 Å². The van der Waals surface area contributed by atoms with Crippen molar-refractivity contribution in [3.63, 3.8) is 0 Å². The van der Waals surface area contributed by atoms with E-state index in [2.05, 4.69) is 15.3 Å². The summed E-state index contributed by atoms with van der Waals surface area (Å²) in [6.07, 6.45) is 3.49. The number of hydrogen-bond donors (Lipinski definition) is 1. The van der Waals surface area contributed by atoms with E-state index < -0.39 is 0 Å². The lowest BCUT2D eigenvalue weighted by atomic mass is 10.5. The van der Waals surface area contributed by atoms with Crippen LogP contribution in [0, 0.1) is 0 Å². The molecule has 0 aromatic carbocycles. The summed E-state index contributed by atoms with van der Waals surface area (Å²) in [5, 5.41) is 3.19. The predicted molar refractivity (Wildman–Crippen MR) is 50.2 cm³/mol. The van der Waals surface area contributed by atoms with Crippen molar-refractivity contribution in [1.82, 2.24) is 15.3 Å². The molecule has 0 saturated carbocycles. The highest BCUT2D eigenvalue weighted by molar-refractivity contribution is 4.87. The highest BCUT2D eigenvalue weighted by atomic mass is 16.5. The van der Waals surface area contributed by atoms with Crippen LogP contribution in [0.2, 0.25) is 0 Å². The van der Waals surface area contributed by atoms with E-state index in [0.717, 1.165) is 25.6 Å². The van der Waals surface area contributed by atoms with Crippen LogP contribution in [0.25, 0.3) is 0 Å². The zero-order valence-electron chi connectivity index (χ0n) is 7.86. The molecule has 0 aliphatic carbocycles. The molecule has 0 unspecified atom stereocenters. The second-order valence-corrected chi connectivity index (χ2v) is 2.54. The molecule has 0 radical (unpaired) electrons. The lowest BCUT2D eigenvalue weighted by Crippen LogP contribution is -2.20. The summed E-state index contributed by atoms with van der Waals surface area (Å²) in [6, 6.07) is 1.81. The van der Waals surface area contributed by atoms with Crippen LogP contribution in [-0.4, -0.2) is 29.7 Å². The first kappa shape index (κ1) is 10.1. The quantitative estimate of drug-likeness (QED) is 0.653. The SMILES string of the molecule is CCOCCNCc1ncccn1. The molecule has 0 spiro atoms. The summed E-state index contributed by atoms with van der Waals surface area (Å²) in [5.41, 5.74) is 0. The van der Waals surface area contributed by atoms with Crippen molar-refractivity contribution in [2.75, 3.05) is 19.8 Å². The van der Waals surface area contributed by atoms with Crippen LogP contribution in [0.15, 0.2) is 18.5 Å². The summed E-state index contributed by atoms with van der Waals surface area (Å²) in [7, 11) is 0. The van der Waals surface area contributed by atoms with Crippen LogP contribution >= 0.6 is 0 Å². The van der Waals surface area contributed by atoms with E-state index in [9.17, 15) is 0 Å². The zero-order valence-corrected chi connectivity index (χ0v) is 7.86. The van der Waals surface area contributed by atoms with Crippen LogP contribution in [0.3, 0.4) is 0 Å². The first-order chi connectivity index (χ1) is 6.43. The normalized spacial score (nSPS) is 10.2. The lowest BCUT2D eigenvalue weighted by Gasteiger charge is -2.02. The van der Waals surface area contributed by atoms with Gasteiger partial charge in [-0.15, -0.1) is 0 Å². The van der Waals surface area contributed by atoms with Crippen molar-refractivity contribution in [1.29, 1.82) is 0 Å². The van der Waals surface area contributed by atoms with Crippen molar-refractivity contribution < 1.29 is 4.74 Å². The van der Waals surface area contributed by atoms with Crippen LogP contribution in [-0.2, 0) is 11.3 Å². The van der Waals surface area contributed by atoms with Gasteiger partial charge in [0.15, 0.2) is 0 Å². The molecule has 0 atom stereocenters. The van der Waals surface area contributed by atoms with E-state index in [1.807, 2.05) is 13.0 Å². The molecule has 1 aromatic rings. The fourth-order valence-electron chi connectivity index (χ4n) is 0.910. The molecular formula is C9H15N3O. The summed E-state index contributed by atoms with van der Waals surface area (Å²) < 4.78 is 5.17. The Kier molecular flexibility index (Phi) is 5.05. The standard InChI is InChI=1S/C9H15N3O/c1-2-13-7-6-10-8-9-11-4-3-5-12-9/h3-5,10H,2,6-8H2,1H3. The van der Waals surface area contributed by atoms with Gasteiger partial charge in [0, 0.05) is 25.5 Å². The van der Waals surface area contributed by atoms with Gasteiger partial charge >= 0.3 is 0 Å². The van der Waals surface area contributed by atoms with Gasteiger partial charge in [0.25, 0.3) is 0 Å². The average Bonchev–Trinajstić information content (AvgIpc) is 2.19. The summed E-state index contributed by atoms with van der Waals surface area (Å²) in [5.74, 6) is 0.819. The minimum atomic E-state index is 0.702. The first-order valence-electron chi connectivity index (χ1n) is 4.48. The lowest BCUT2D eigenvalue weighted by molar-refractivity contribution is 0.149. The summed E-state index contributed by atoms with van der Waals surface area (Å²) in [4.78, 5) is 8.16. The number of rotatable bonds is 6. The second-order valence-electron chi connectivity index (χ2n) is 2.54. The van der Waals surface area contributed by atoms with Gasteiger partial charge in [-0.3, -0.25) is 0 Å². The van der Waals surface area contributed by atoms with Crippen molar-refractivity contribution >= 4 is 0 Å². The van der Waals surface area contributed by atoms with Gasteiger partial charge in [-0.1, -0.05) is 0 Å². The predicted octanol–water partition coefficient (Wildman–Crippen LogP) is 0.603. The molecule has 13 heavy (non-hydrogen) atoms. The Bertz CT molecular complexity index is 215. The molecule has 1 N–H and O–H groups in total. The molecule has 1 heterocycles. The van der Waals surface area contributed by atoms with Gasteiger partial charge < -0.3 is 10.1 Å². The number of nitrogens with zero attached hydrogens (tertiary/aromatic N) is 2. The number of hydrogen-bond acceptors (Lipinski definition) is 4. The van der Waals surface area contributed by atoms with Crippen molar-refractivity contribution in [2.24, 2.45) is 0 Å². The highest BCUT2D eigenvalue weighted by Crippen LogP contribution is 1.85. The fourth-order valence-corrected chi connectivity index (χ4v) is 0.910. The van der Waals surface area contributed by atoms with E-state index in [1.165, 1.54) is 0 Å². The number of nitrogens with one attached hydrogen (secondary N) is 1. The van der Waals surface area contributed by atoms with Gasteiger partial charge in [-0.2, -0.15) is 0 Å². The Morgan fingerprint density at radius 1 is 1.38 bits per heavy atom. The molecule has 0 bridgehead atoms. The third-order valence-electron chi connectivity index (χ3n) is 1.53. The topological polar surface area (TPSA) is 47.0 Å². The highest BCUT2D eigenvalue weighted by Gasteiger charge is 1.92. The molecule has 72 valence electrons. The van der Waals surface area contributed by atoms with E-state index in [1.54, 1.807) is 12.4 Å². The molecule has 0 amide bonds. The van der Waals surface area contributed by atoms with Gasteiger partial charge in [-0.25, -0.2) is 9.97 Å². The Hall–Kier alpha value is -1.00. The first-order valence-corrected chi connectivity index (χ1v) is 4.48. The molecule has 4 heteroatoms. The van der Waals surface area contributed by atoms with Crippen LogP contribution < -0.4 is 5.32 Å². The van der Waals surface area contributed by atoms with E-state index in [-0.39, 0.29) is 0 Å². The molecule has 1 rings (SSSR count). The molecule has 0 aliphatic rings. The minimum Gasteiger partial charge on any atom is -0.380 e. The second kappa shape index (κ2) is 6.51. The van der Waals surface area contributed by atoms with Gasteiger partial charge in [-0.05, 0) is 13.0 Å².